The number of hydrogen-bond acceptors (Lipinski definition) is 7. The van der Waals surface area contributed by atoms with E-state index in [9.17, 15) is 23.1 Å². The van der Waals surface area contributed by atoms with Crippen LogP contribution in [0.1, 0.15) is 18.4 Å². The van der Waals surface area contributed by atoms with Crippen molar-refractivity contribution in [2.45, 2.75) is 35.2 Å². The molecule has 0 fully saturated rings. The van der Waals surface area contributed by atoms with E-state index in [1.54, 1.807) is 24.3 Å². The zero-order valence-electron chi connectivity index (χ0n) is 18.4. The number of carbonyl (C=O) groups is 2. The molecular formula is C21H25Cl2N5O5S2. The van der Waals surface area contributed by atoms with Gasteiger partial charge in [-0.1, -0.05) is 41.4 Å². The molecule has 2 rings (SSSR count). The number of sulfone groups is 1. The highest BCUT2D eigenvalue weighted by Crippen LogP contribution is 2.23. The Bertz CT molecular complexity index is 1210. The fourth-order valence-electron chi connectivity index (χ4n) is 3.08. The van der Waals surface area contributed by atoms with Crippen LogP contribution in [0.15, 0.2) is 57.2 Å². The van der Waals surface area contributed by atoms with Crippen LogP contribution in [-0.4, -0.2) is 54.7 Å². The summed E-state index contributed by atoms with van der Waals surface area (Å²) in [7, 11) is -4.12. The molecule has 0 aliphatic rings. The highest BCUT2D eigenvalue weighted by atomic mass is 35.5. The molecule has 10 nitrogen and oxygen atoms in total. The monoisotopic (exact) mass is 561 g/mol. The van der Waals surface area contributed by atoms with Gasteiger partial charge in [-0.15, -0.1) is 12.6 Å². The minimum absolute atomic E-state index is 0.0243. The van der Waals surface area contributed by atoms with E-state index in [-0.39, 0.29) is 46.7 Å². The van der Waals surface area contributed by atoms with Gasteiger partial charge in [0.2, 0.25) is 0 Å². The van der Waals surface area contributed by atoms with Gasteiger partial charge in [0.25, 0.3) is 5.91 Å². The third kappa shape index (κ3) is 8.58. The van der Waals surface area contributed by atoms with E-state index in [1.165, 1.54) is 18.2 Å². The zero-order chi connectivity index (χ0) is 26.2. The summed E-state index contributed by atoms with van der Waals surface area (Å²) >= 11 is 16.1. The second-order valence-corrected chi connectivity index (χ2v) is 10.6. The summed E-state index contributed by atoms with van der Waals surface area (Å²) in [6.45, 7) is 0.107. The maximum absolute atomic E-state index is 13.2. The maximum atomic E-state index is 13.2. The number of nitrogens with zero attached hydrogens (tertiary/aromatic N) is 2. The number of aliphatic carboxylic acids is 1. The average molecular weight is 563 g/mol. The molecule has 0 aliphatic carbocycles. The van der Waals surface area contributed by atoms with Crippen molar-refractivity contribution in [1.29, 1.82) is 0 Å². The number of aliphatic imine (C=N–C) groups is 1. The van der Waals surface area contributed by atoms with E-state index in [0.29, 0.717) is 10.6 Å². The van der Waals surface area contributed by atoms with Crippen molar-refractivity contribution in [3.63, 3.8) is 0 Å². The molecule has 0 bridgehead atoms. The molecule has 0 aliphatic heterocycles. The lowest BCUT2D eigenvalue weighted by Crippen LogP contribution is -2.54. The van der Waals surface area contributed by atoms with Crippen LogP contribution in [0.2, 0.25) is 10.0 Å². The van der Waals surface area contributed by atoms with Gasteiger partial charge >= 0.3 is 5.97 Å². The Kier molecular flexibility index (Phi) is 10.7. The van der Waals surface area contributed by atoms with Gasteiger partial charge in [0, 0.05) is 18.0 Å². The van der Waals surface area contributed by atoms with E-state index >= 15 is 0 Å². The molecule has 0 heterocycles. The first kappa shape index (κ1) is 28.7. The summed E-state index contributed by atoms with van der Waals surface area (Å²) in [5.74, 6) is -3.43. The van der Waals surface area contributed by atoms with Gasteiger partial charge in [0.1, 0.15) is 11.8 Å². The molecule has 0 saturated carbocycles. The van der Waals surface area contributed by atoms with Crippen LogP contribution in [0.3, 0.4) is 0 Å². The first-order chi connectivity index (χ1) is 16.4. The first-order valence-electron chi connectivity index (χ1n) is 10.2. The molecule has 190 valence electrons. The second-order valence-electron chi connectivity index (χ2n) is 7.38. The van der Waals surface area contributed by atoms with Crippen molar-refractivity contribution >= 4 is 63.5 Å². The predicted octanol–water partition coefficient (Wildman–Crippen LogP) is 2.10. The molecule has 2 aromatic rings. The highest BCUT2D eigenvalue weighted by Gasteiger charge is 2.33. The molecule has 0 saturated heterocycles. The summed E-state index contributed by atoms with van der Waals surface area (Å²) in [6, 6.07) is 9.22. The number of guanidine groups is 1. The fourth-order valence-corrected chi connectivity index (χ4v) is 5.27. The van der Waals surface area contributed by atoms with Crippen molar-refractivity contribution < 1.29 is 23.1 Å². The molecule has 14 heteroatoms. The summed E-state index contributed by atoms with van der Waals surface area (Å²) in [4.78, 5) is 29.0. The molecule has 0 radical (unpaired) electrons. The number of nitrogens with two attached hydrogens (primary N) is 2. The number of thiol groups is 1. The number of carbonyl (C=O) groups excluding carboxylic acids is 1. The van der Waals surface area contributed by atoms with Crippen LogP contribution in [0, 0.1) is 0 Å². The Hall–Kier alpha value is -2.51. The molecule has 1 amide bonds. The number of nitrogens with one attached hydrogen (secondary N) is 1. The van der Waals surface area contributed by atoms with E-state index in [0.717, 1.165) is 5.01 Å². The van der Waals surface area contributed by atoms with Crippen molar-refractivity contribution in [2.24, 2.45) is 16.5 Å². The van der Waals surface area contributed by atoms with E-state index < -0.39 is 33.5 Å². The number of amides is 1. The number of hydrogen-bond donors (Lipinski definition) is 5. The van der Waals surface area contributed by atoms with Crippen molar-refractivity contribution in [1.82, 2.24) is 10.4 Å². The van der Waals surface area contributed by atoms with Gasteiger partial charge < -0.3 is 16.6 Å². The lowest BCUT2D eigenvalue weighted by atomic mass is 10.1. The normalized spacial score (nSPS) is 12.1. The second kappa shape index (κ2) is 13.0. The quantitative estimate of drug-likeness (QED) is 0.0862. The maximum Gasteiger partial charge on any atom is 0.328 e. The van der Waals surface area contributed by atoms with Gasteiger partial charge in [-0.05, 0) is 42.7 Å². The molecular weight excluding hydrogens is 537 g/mol. The topological polar surface area (TPSA) is 168 Å². The van der Waals surface area contributed by atoms with Crippen molar-refractivity contribution in [2.75, 3.05) is 12.3 Å². The minimum Gasteiger partial charge on any atom is -0.480 e. The van der Waals surface area contributed by atoms with Crippen LogP contribution >= 0.6 is 35.8 Å². The SMILES string of the molecule is NC(N)=NCCC[C@@H](C(=O)O)N(NCc1ccc(Cl)c(Cl)c1)C(=O)CS(=O)(=O)c1ccccc1S. The largest absolute Gasteiger partial charge is 0.480 e. The van der Waals surface area contributed by atoms with E-state index in [4.69, 9.17) is 34.7 Å². The molecule has 0 aromatic heterocycles. The number of benzene rings is 2. The predicted molar refractivity (Wildman–Crippen MR) is 137 cm³/mol. The third-order valence-electron chi connectivity index (χ3n) is 4.75. The average Bonchev–Trinajstić information content (AvgIpc) is 2.77. The van der Waals surface area contributed by atoms with E-state index in [2.05, 4.69) is 23.0 Å². The van der Waals surface area contributed by atoms with E-state index in [1.807, 2.05) is 0 Å². The fraction of sp³-hybridized carbons (Fsp3) is 0.286. The van der Waals surface area contributed by atoms with Gasteiger partial charge in [0.05, 0.1) is 14.9 Å². The third-order valence-corrected chi connectivity index (χ3v) is 7.68. The summed E-state index contributed by atoms with van der Waals surface area (Å²) in [5.41, 5.74) is 13.9. The first-order valence-corrected chi connectivity index (χ1v) is 13.1. The molecule has 6 N–H and O–H groups in total. The highest BCUT2D eigenvalue weighted by molar-refractivity contribution is 7.92. The molecule has 35 heavy (non-hydrogen) atoms. The van der Waals surface area contributed by atoms with Crippen LogP contribution in [0.25, 0.3) is 0 Å². The number of rotatable bonds is 12. The molecule has 1 atom stereocenters. The van der Waals surface area contributed by atoms with Crippen molar-refractivity contribution in [3.8, 4) is 0 Å². The number of carboxylic acids is 1. The molecule has 2 aromatic carbocycles. The lowest BCUT2D eigenvalue weighted by molar-refractivity contribution is -0.152. The van der Waals surface area contributed by atoms with Gasteiger partial charge in [0.15, 0.2) is 15.8 Å². The van der Waals surface area contributed by atoms with Crippen LogP contribution in [-0.2, 0) is 26.0 Å². The van der Waals surface area contributed by atoms with Crippen LogP contribution < -0.4 is 16.9 Å². The number of halogens is 2. The standard InChI is InChI=1S/C21H25Cl2N5O5S2/c22-14-8-7-13(10-15(14)23)11-27-28(16(20(30)31)4-3-9-26-21(24)25)19(29)12-35(32,33)18-6-2-1-5-17(18)34/h1-2,5-8,10,16,27,34H,3-4,9,11-12H2,(H,30,31)(H4,24,25,26)/t16-/m0/s1. The Morgan fingerprint density at radius 2 is 1.83 bits per heavy atom. The Morgan fingerprint density at radius 1 is 1.14 bits per heavy atom. The van der Waals surface area contributed by atoms with Gasteiger partial charge in [-0.3, -0.25) is 14.8 Å². The number of carboxylic acid groups (broad SMARTS) is 1. The number of hydrazine groups is 1. The smallest absolute Gasteiger partial charge is 0.328 e. The molecule has 0 spiro atoms. The van der Waals surface area contributed by atoms with Crippen LogP contribution in [0.5, 0.6) is 0 Å². The lowest BCUT2D eigenvalue weighted by Gasteiger charge is -2.29. The Labute approximate surface area is 218 Å². The Balaban J connectivity index is 2.31. The Morgan fingerprint density at radius 3 is 2.43 bits per heavy atom. The molecule has 0 unspecified atom stereocenters. The van der Waals surface area contributed by atoms with Crippen molar-refractivity contribution in [3.05, 3.63) is 58.1 Å². The zero-order valence-corrected chi connectivity index (χ0v) is 21.6. The summed E-state index contributed by atoms with van der Waals surface area (Å²) in [6.07, 6.45) is 0.175. The van der Waals surface area contributed by atoms with Gasteiger partial charge in [-0.2, -0.15) is 0 Å². The summed E-state index contributed by atoms with van der Waals surface area (Å²) in [5, 5.41) is 11.2. The van der Waals surface area contributed by atoms with Gasteiger partial charge in [-0.25, -0.2) is 18.6 Å². The summed E-state index contributed by atoms with van der Waals surface area (Å²) < 4.78 is 25.8. The van der Waals surface area contributed by atoms with Crippen LogP contribution in [0.4, 0.5) is 0 Å². The minimum atomic E-state index is -4.12.